The molecule has 0 aliphatic heterocycles. The van der Waals surface area contributed by atoms with E-state index in [4.69, 9.17) is 5.73 Å². The summed E-state index contributed by atoms with van der Waals surface area (Å²) in [6.07, 6.45) is 0.935. The Kier molecular flexibility index (Phi) is 2.07. The number of rotatable bonds is 2. The highest BCUT2D eigenvalue weighted by Crippen LogP contribution is 2.18. The number of aryl methyl sites for hydroxylation is 1. The first-order valence-electron chi connectivity index (χ1n) is 4.50. The summed E-state index contributed by atoms with van der Waals surface area (Å²) in [7, 11) is 0. The third-order valence-electron chi connectivity index (χ3n) is 2.07. The molecule has 5 heteroatoms. The second-order valence-corrected chi connectivity index (χ2v) is 3.18. The fraction of sp³-hybridized carbons (Fsp3) is 0.333. The van der Waals surface area contributed by atoms with Crippen molar-refractivity contribution >= 4 is 16.7 Å². The first kappa shape index (κ1) is 8.93. The molecule has 2 rings (SSSR count). The molecule has 0 bridgehead atoms. The molecule has 14 heavy (non-hydrogen) atoms. The van der Waals surface area contributed by atoms with Gasteiger partial charge in [-0.3, -0.25) is 0 Å². The summed E-state index contributed by atoms with van der Waals surface area (Å²) >= 11 is 0. The molecule has 0 aliphatic carbocycles. The van der Waals surface area contributed by atoms with Gasteiger partial charge in [0.15, 0.2) is 0 Å². The number of nitrogens with zero attached hydrogens (tertiary/aromatic N) is 3. The topological polar surface area (TPSA) is 56.7 Å². The van der Waals surface area contributed by atoms with Gasteiger partial charge in [-0.1, -0.05) is 12.1 Å². The van der Waals surface area contributed by atoms with Gasteiger partial charge in [-0.05, 0) is 12.5 Å². The molecular formula is C9H11FN4. The Morgan fingerprint density at radius 2 is 2.29 bits per heavy atom. The summed E-state index contributed by atoms with van der Waals surface area (Å²) in [5, 5.41) is 7.82. The minimum Gasteiger partial charge on any atom is -0.396 e. The molecule has 2 N–H and O–H groups in total. The summed E-state index contributed by atoms with van der Waals surface area (Å²) in [4.78, 5) is 0. The van der Waals surface area contributed by atoms with Crippen LogP contribution in [0.25, 0.3) is 11.0 Å². The van der Waals surface area contributed by atoms with Crippen LogP contribution in [-0.2, 0) is 6.54 Å². The Bertz CT molecular complexity index is 463. The molecule has 1 heterocycles. The lowest BCUT2D eigenvalue weighted by atomic mass is 10.2. The quantitative estimate of drug-likeness (QED) is 0.738. The highest BCUT2D eigenvalue weighted by Gasteiger charge is 2.07. The van der Waals surface area contributed by atoms with E-state index in [-0.39, 0.29) is 5.69 Å². The molecule has 0 saturated carbocycles. The van der Waals surface area contributed by atoms with Crippen molar-refractivity contribution in [1.29, 1.82) is 0 Å². The maximum absolute atomic E-state index is 13.2. The molecular weight excluding hydrogens is 183 g/mol. The smallest absolute Gasteiger partial charge is 0.148 e. The van der Waals surface area contributed by atoms with E-state index in [1.165, 1.54) is 12.1 Å². The molecule has 1 aromatic heterocycles. The van der Waals surface area contributed by atoms with Crippen molar-refractivity contribution in [3.8, 4) is 0 Å². The standard InChI is InChI=1S/C9H11FN4/c1-2-3-14-9-4-6(10)7(11)5-8(9)12-13-14/h4-5H,2-3,11H2,1H3. The van der Waals surface area contributed by atoms with Gasteiger partial charge in [-0.15, -0.1) is 5.10 Å². The molecule has 0 aliphatic rings. The zero-order chi connectivity index (χ0) is 10.1. The molecule has 0 unspecified atom stereocenters. The van der Waals surface area contributed by atoms with E-state index < -0.39 is 5.82 Å². The van der Waals surface area contributed by atoms with Crippen molar-refractivity contribution < 1.29 is 4.39 Å². The average Bonchev–Trinajstić information content (AvgIpc) is 2.51. The number of hydrogen-bond donors (Lipinski definition) is 1. The van der Waals surface area contributed by atoms with E-state index in [0.717, 1.165) is 13.0 Å². The zero-order valence-electron chi connectivity index (χ0n) is 7.87. The predicted octanol–water partition coefficient (Wildman–Crippen LogP) is 1.56. The molecule has 0 spiro atoms. The molecule has 1 aromatic carbocycles. The molecule has 4 nitrogen and oxygen atoms in total. The number of benzene rings is 1. The third kappa shape index (κ3) is 1.30. The fourth-order valence-corrected chi connectivity index (χ4v) is 1.38. The van der Waals surface area contributed by atoms with Crippen molar-refractivity contribution in [3.63, 3.8) is 0 Å². The van der Waals surface area contributed by atoms with E-state index in [1.807, 2.05) is 6.92 Å². The van der Waals surface area contributed by atoms with Crippen LogP contribution in [0.2, 0.25) is 0 Å². The number of aromatic nitrogens is 3. The van der Waals surface area contributed by atoms with Gasteiger partial charge in [0, 0.05) is 12.6 Å². The summed E-state index contributed by atoms with van der Waals surface area (Å²) in [5.41, 5.74) is 6.86. The molecule has 0 fully saturated rings. The first-order chi connectivity index (χ1) is 6.72. The van der Waals surface area contributed by atoms with Crippen LogP contribution in [0.15, 0.2) is 12.1 Å². The van der Waals surface area contributed by atoms with Crippen molar-refractivity contribution in [2.75, 3.05) is 5.73 Å². The van der Waals surface area contributed by atoms with Crippen LogP contribution in [0, 0.1) is 5.82 Å². The minimum atomic E-state index is -0.419. The van der Waals surface area contributed by atoms with Gasteiger partial charge in [0.25, 0.3) is 0 Å². The Hall–Kier alpha value is -1.65. The van der Waals surface area contributed by atoms with E-state index in [1.54, 1.807) is 4.68 Å². The van der Waals surface area contributed by atoms with E-state index >= 15 is 0 Å². The summed E-state index contributed by atoms with van der Waals surface area (Å²) in [5.74, 6) is -0.419. The van der Waals surface area contributed by atoms with Crippen molar-refractivity contribution in [1.82, 2.24) is 15.0 Å². The van der Waals surface area contributed by atoms with Gasteiger partial charge in [0.1, 0.15) is 11.3 Å². The zero-order valence-corrected chi connectivity index (χ0v) is 7.87. The van der Waals surface area contributed by atoms with Crippen LogP contribution < -0.4 is 5.73 Å². The molecule has 2 aromatic rings. The SMILES string of the molecule is CCCn1nnc2cc(N)c(F)cc21. The third-order valence-corrected chi connectivity index (χ3v) is 2.07. The second-order valence-electron chi connectivity index (χ2n) is 3.18. The van der Waals surface area contributed by atoms with Crippen LogP contribution >= 0.6 is 0 Å². The fourth-order valence-electron chi connectivity index (χ4n) is 1.38. The van der Waals surface area contributed by atoms with Gasteiger partial charge in [-0.2, -0.15) is 0 Å². The Morgan fingerprint density at radius 3 is 3.00 bits per heavy atom. The van der Waals surface area contributed by atoms with Crippen molar-refractivity contribution in [3.05, 3.63) is 17.9 Å². The summed E-state index contributed by atoms with van der Waals surface area (Å²) in [6, 6.07) is 2.88. The number of halogens is 1. The molecule has 74 valence electrons. The largest absolute Gasteiger partial charge is 0.396 e. The number of anilines is 1. The number of hydrogen-bond acceptors (Lipinski definition) is 3. The second kappa shape index (κ2) is 3.25. The molecule has 0 saturated heterocycles. The Balaban J connectivity index is 2.61. The van der Waals surface area contributed by atoms with Crippen LogP contribution in [0.4, 0.5) is 10.1 Å². The maximum atomic E-state index is 13.2. The molecule has 0 atom stereocenters. The van der Waals surface area contributed by atoms with Crippen LogP contribution in [0.5, 0.6) is 0 Å². The van der Waals surface area contributed by atoms with Gasteiger partial charge >= 0.3 is 0 Å². The van der Waals surface area contributed by atoms with E-state index in [9.17, 15) is 4.39 Å². The van der Waals surface area contributed by atoms with Crippen LogP contribution in [-0.4, -0.2) is 15.0 Å². The minimum absolute atomic E-state index is 0.112. The van der Waals surface area contributed by atoms with Crippen molar-refractivity contribution in [2.45, 2.75) is 19.9 Å². The van der Waals surface area contributed by atoms with Crippen LogP contribution in [0.1, 0.15) is 13.3 Å². The van der Waals surface area contributed by atoms with E-state index in [2.05, 4.69) is 10.3 Å². The number of fused-ring (bicyclic) bond motifs is 1. The molecule has 0 radical (unpaired) electrons. The Labute approximate surface area is 80.5 Å². The highest BCUT2D eigenvalue weighted by molar-refractivity contribution is 5.78. The van der Waals surface area contributed by atoms with Gasteiger partial charge in [-0.25, -0.2) is 9.07 Å². The normalized spacial score (nSPS) is 11.0. The van der Waals surface area contributed by atoms with Gasteiger partial charge in [0.2, 0.25) is 0 Å². The van der Waals surface area contributed by atoms with E-state index in [0.29, 0.717) is 11.0 Å². The monoisotopic (exact) mass is 194 g/mol. The summed E-state index contributed by atoms with van der Waals surface area (Å²) < 4.78 is 14.8. The molecule has 0 amide bonds. The number of nitrogens with two attached hydrogens (primary N) is 1. The Morgan fingerprint density at radius 1 is 1.50 bits per heavy atom. The lowest BCUT2D eigenvalue weighted by molar-refractivity contribution is 0.592. The predicted molar refractivity (Wildman–Crippen MR) is 52.2 cm³/mol. The first-order valence-corrected chi connectivity index (χ1v) is 4.50. The van der Waals surface area contributed by atoms with Gasteiger partial charge < -0.3 is 5.73 Å². The highest BCUT2D eigenvalue weighted by atomic mass is 19.1. The maximum Gasteiger partial charge on any atom is 0.148 e. The lowest BCUT2D eigenvalue weighted by Gasteiger charge is -1.99. The average molecular weight is 194 g/mol. The van der Waals surface area contributed by atoms with Crippen LogP contribution in [0.3, 0.4) is 0 Å². The summed E-state index contributed by atoms with van der Waals surface area (Å²) in [6.45, 7) is 2.76. The van der Waals surface area contributed by atoms with Crippen molar-refractivity contribution in [2.24, 2.45) is 0 Å². The lowest BCUT2D eigenvalue weighted by Crippen LogP contribution is -1.99. The number of nitrogen functional groups attached to an aromatic ring is 1. The van der Waals surface area contributed by atoms with Gasteiger partial charge in [0.05, 0.1) is 11.2 Å².